The Hall–Kier alpha value is -2.11. The number of nitrogens with one attached hydrogen (secondary N) is 2. The highest BCUT2D eigenvalue weighted by Gasteiger charge is 2.08. The van der Waals surface area contributed by atoms with Crippen molar-refractivity contribution in [2.24, 2.45) is 0 Å². The third-order valence-corrected chi connectivity index (χ3v) is 3.65. The first-order chi connectivity index (χ1) is 11.1. The molecule has 0 spiro atoms. The van der Waals surface area contributed by atoms with Crippen LogP contribution >= 0.6 is 11.6 Å². The van der Waals surface area contributed by atoms with Gasteiger partial charge in [-0.1, -0.05) is 29.8 Å². The predicted molar refractivity (Wildman–Crippen MR) is 93.9 cm³/mol. The number of likely N-dealkylation sites (N-methyl/N-ethyl adjacent to an activating group) is 1. The van der Waals surface area contributed by atoms with Crippen molar-refractivity contribution < 1.29 is 4.79 Å². The quantitative estimate of drug-likeness (QED) is 0.818. The van der Waals surface area contributed by atoms with Gasteiger partial charge in [-0.25, -0.2) is 0 Å². The predicted octanol–water partition coefficient (Wildman–Crippen LogP) is 2.64. The second-order valence-corrected chi connectivity index (χ2v) is 5.84. The zero-order valence-corrected chi connectivity index (χ0v) is 14.1. The van der Waals surface area contributed by atoms with E-state index in [0.717, 1.165) is 22.8 Å². The average Bonchev–Trinajstić information content (AvgIpc) is 2.54. The summed E-state index contributed by atoms with van der Waals surface area (Å²) in [5.74, 6) is -0.173. The van der Waals surface area contributed by atoms with Gasteiger partial charge in [0.05, 0.1) is 0 Å². The van der Waals surface area contributed by atoms with E-state index in [1.807, 2.05) is 49.3 Å². The maximum absolute atomic E-state index is 12.1. The molecule has 2 aromatic rings. The molecule has 1 aromatic heterocycles. The first kappa shape index (κ1) is 17.2. The van der Waals surface area contributed by atoms with Crippen molar-refractivity contribution in [2.75, 3.05) is 32.5 Å². The van der Waals surface area contributed by atoms with Crippen molar-refractivity contribution >= 4 is 23.2 Å². The fraction of sp³-hybridized carbons (Fsp3) is 0.294. The Morgan fingerprint density at radius 3 is 2.78 bits per heavy atom. The van der Waals surface area contributed by atoms with Gasteiger partial charge in [0, 0.05) is 36.5 Å². The highest BCUT2D eigenvalue weighted by Crippen LogP contribution is 2.17. The highest BCUT2D eigenvalue weighted by atomic mass is 35.5. The molecule has 23 heavy (non-hydrogen) atoms. The lowest BCUT2D eigenvalue weighted by Gasteiger charge is -2.11. The van der Waals surface area contributed by atoms with Crippen LogP contribution in [0.25, 0.3) is 0 Å². The summed E-state index contributed by atoms with van der Waals surface area (Å²) < 4.78 is 0. The molecule has 0 aliphatic heterocycles. The monoisotopic (exact) mass is 332 g/mol. The molecule has 0 fully saturated rings. The molecule has 0 bridgehead atoms. The molecule has 0 saturated carbocycles. The Morgan fingerprint density at radius 1 is 1.26 bits per heavy atom. The zero-order chi connectivity index (χ0) is 16.7. The second-order valence-electron chi connectivity index (χ2n) is 5.43. The largest absolute Gasteiger partial charge is 0.381 e. The van der Waals surface area contributed by atoms with Gasteiger partial charge in [-0.15, -0.1) is 0 Å². The van der Waals surface area contributed by atoms with Crippen molar-refractivity contribution in [2.45, 2.75) is 6.54 Å². The average molecular weight is 333 g/mol. The molecule has 1 aromatic carbocycles. The molecule has 1 heterocycles. The Labute approximate surface area is 141 Å². The van der Waals surface area contributed by atoms with Crippen LogP contribution in [0.5, 0.6) is 0 Å². The fourth-order valence-electron chi connectivity index (χ4n) is 1.99. The molecule has 5 nitrogen and oxygen atoms in total. The number of hydrogen-bond acceptors (Lipinski definition) is 4. The summed E-state index contributed by atoms with van der Waals surface area (Å²) in [7, 11) is 3.92. The molecule has 0 atom stereocenters. The molecule has 2 N–H and O–H groups in total. The summed E-state index contributed by atoms with van der Waals surface area (Å²) in [4.78, 5) is 18.2. The van der Waals surface area contributed by atoms with Crippen LogP contribution in [0.4, 0.5) is 5.69 Å². The number of amides is 1. The maximum Gasteiger partial charge on any atom is 0.269 e. The number of carbonyl (C=O) groups excluding carboxylic acids is 1. The number of aromatic nitrogens is 1. The van der Waals surface area contributed by atoms with E-state index >= 15 is 0 Å². The third kappa shape index (κ3) is 5.54. The smallest absolute Gasteiger partial charge is 0.269 e. The Morgan fingerprint density at radius 2 is 2.04 bits per heavy atom. The Bertz CT molecular complexity index is 661. The summed E-state index contributed by atoms with van der Waals surface area (Å²) in [5.41, 5.74) is 2.23. The highest BCUT2D eigenvalue weighted by molar-refractivity contribution is 6.31. The molecule has 2 rings (SSSR count). The van der Waals surface area contributed by atoms with Gasteiger partial charge in [0.2, 0.25) is 0 Å². The number of carbonyl (C=O) groups is 1. The van der Waals surface area contributed by atoms with Crippen LogP contribution in [-0.4, -0.2) is 43.0 Å². The van der Waals surface area contributed by atoms with Crippen LogP contribution in [0.15, 0.2) is 42.6 Å². The molecule has 0 radical (unpaired) electrons. The number of anilines is 1. The summed E-state index contributed by atoms with van der Waals surface area (Å²) in [6.07, 6.45) is 1.62. The van der Waals surface area contributed by atoms with E-state index in [1.165, 1.54) is 0 Å². The fourth-order valence-corrected chi connectivity index (χ4v) is 2.19. The van der Waals surface area contributed by atoms with Gasteiger partial charge in [0.25, 0.3) is 5.91 Å². The molecule has 6 heteroatoms. The van der Waals surface area contributed by atoms with Crippen LogP contribution < -0.4 is 10.6 Å². The molecular weight excluding hydrogens is 312 g/mol. The Kier molecular flexibility index (Phi) is 6.38. The summed E-state index contributed by atoms with van der Waals surface area (Å²) in [6.45, 7) is 1.96. The SMILES string of the molecule is CN(C)CCNC(=O)c1cc(NCc2ccccc2Cl)ccn1. The van der Waals surface area contributed by atoms with E-state index in [4.69, 9.17) is 11.6 Å². The van der Waals surface area contributed by atoms with Gasteiger partial charge < -0.3 is 15.5 Å². The van der Waals surface area contributed by atoms with Crippen LogP contribution in [0.3, 0.4) is 0 Å². The van der Waals surface area contributed by atoms with Crippen molar-refractivity contribution in [1.29, 1.82) is 0 Å². The maximum atomic E-state index is 12.1. The lowest BCUT2D eigenvalue weighted by molar-refractivity contribution is 0.0946. The van der Waals surface area contributed by atoms with Crippen molar-refractivity contribution in [1.82, 2.24) is 15.2 Å². The first-order valence-electron chi connectivity index (χ1n) is 7.42. The molecular formula is C17H21ClN4O. The van der Waals surface area contributed by atoms with Crippen LogP contribution in [0.1, 0.15) is 16.1 Å². The van der Waals surface area contributed by atoms with Crippen molar-refractivity contribution in [3.63, 3.8) is 0 Å². The number of benzene rings is 1. The molecule has 122 valence electrons. The number of hydrogen-bond donors (Lipinski definition) is 2. The van der Waals surface area contributed by atoms with Gasteiger partial charge in [-0.3, -0.25) is 9.78 Å². The van der Waals surface area contributed by atoms with E-state index in [-0.39, 0.29) is 5.91 Å². The standard InChI is InChI=1S/C17H21ClN4O/c1-22(2)10-9-20-17(23)16-11-14(7-8-19-16)21-12-13-5-3-4-6-15(13)18/h3-8,11H,9-10,12H2,1-2H3,(H,19,21)(H,20,23). The molecule has 0 saturated heterocycles. The third-order valence-electron chi connectivity index (χ3n) is 3.28. The topological polar surface area (TPSA) is 57.3 Å². The van der Waals surface area contributed by atoms with Crippen LogP contribution in [-0.2, 0) is 6.54 Å². The number of rotatable bonds is 7. The van der Waals surface area contributed by atoms with Gasteiger partial charge in [0.15, 0.2) is 0 Å². The molecule has 0 unspecified atom stereocenters. The molecule has 1 amide bonds. The minimum Gasteiger partial charge on any atom is -0.381 e. The summed E-state index contributed by atoms with van der Waals surface area (Å²) in [5, 5.41) is 6.83. The summed E-state index contributed by atoms with van der Waals surface area (Å²) >= 11 is 6.13. The van der Waals surface area contributed by atoms with Gasteiger partial charge in [0.1, 0.15) is 5.69 Å². The number of nitrogens with zero attached hydrogens (tertiary/aromatic N) is 2. The lowest BCUT2D eigenvalue weighted by Crippen LogP contribution is -2.31. The van der Waals surface area contributed by atoms with E-state index in [1.54, 1.807) is 12.3 Å². The number of halogens is 1. The lowest BCUT2D eigenvalue weighted by atomic mass is 10.2. The van der Waals surface area contributed by atoms with Crippen LogP contribution in [0, 0.1) is 0 Å². The molecule has 0 aliphatic carbocycles. The summed E-state index contributed by atoms with van der Waals surface area (Å²) in [6, 6.07) is 11.2. The van der Waals surface area contributed by atoms with Crippen molar-refractivity contribution in [3.8, 4) is 0 Å². The van der Waals surface area contributed by atoms with Crippen molar-refractivity contribution in [3.05, 3.63) is 58.9 Å². The molecule has 0 aliphatic rings. The number of pyridine rings is 1. The minimum atomic E-state index is -0.173. The van der Waals surface area contributed by atoms with Gasteiger partial charge in [-0.05, 0) is 37.9 Å². The normalized spacial score (nSPS) is 10.6. The second kappa shape index (κ2) is 8.50. The van der Waals surface area contributed by atoms with E-state index in [9.17, 15) is 4.79 Å². The Balaban J connectivity index is 1.94. The van der Waals surface area contributed by atoms with Gasteiger partial charge in [-0.2, -0.15) is 0 Å². The van der Waals surface area contributed by atoms with E-state index < -0.39 is 0 Å². The first-order valence-corrected chi connectivity index (χ1v) is 7.80. The van der Waals surface area contributed by atoms with E-state index in [2.05, 4.69) is 15.6 Å². The van der Waals surface area contributed by atoms with Gasteiger partial charge >= 0.3 is 0 Å². The zero-order valence-electron chi connectivity index (χ0n) is 13.3. The van der Waals surface area contributed by atoms with Crippen LogP contribution in [0.2, 0.25) is 5.02 Å². The minimum absolute atomic E-state index is 0.173. The van der Waals surface area contributed by atoms with E-state index in [0.29, 0.717) is 18.8 Å².